The third-order valence-electron chi connectivity index (χ3n) is 4.84. The summed E-state index contributed by atoms with van der Waals surface area (Å²) in [6.07, 6.45) is 9.84. The molecule has 0 amide bonds. The molecule has 0 aromatic heterocycles. The summed E-state index contributed by atoms with van der Waals surface area (Å²) in [6, 6.07) is 0.747. The van der Waals surface area contributed by atoms with E-state index in [0.717, 1.165) is 12.5 Å². The predicted molar refractivity (Wildman–Crippen MR) is 98.9 cm³/mol. The molecular weight excluding hydrogens is 284 g/mol. The zero-order chi connectivity index (χ0) is 16.9. The van der Waals surface area contributed by atoms with Crippen LogP contribution in [0.4, 0.5) is 0 Å². The third-order valence-corrected chi connectivity index (χ3v) is 4.84. The lowest BCUT2D eigenvalue weighted by Crippen LogP contribution is -2.39. The molecule has 2 aliphatic carbocycles. The minimum Gasteiger partial charge on any atom is -0.390 e. The fourth-order valence-corrected chi connectivity index (χ4v) is 3.87. The molecule has 2 rings (SSSR count). The molecule has 0 spiro atoms. The summed E-state index contributed by atoms with van der Waals surface area (Å²) in [5.41, 5.74) is 4.24. The lowest BCUT2D eigenvalue weighted by molar-refractivity contribution is 0.000486. The third kappa shape index (κ3) is 5.34. The van der Waals surface area contributed by atoms with E-state index in [4.69, 9.17) is 4.84 Å². The van der Waals surface area contributed by atoms with Gasteiger partial charge in [0.2, 0.25) is 0 Å². The summed E-state index contributed by atoms with van der Waals surface area (Å²) in [7, 11) is 0. The van der Waals surface area contributed by atoms with Gasteiger partial charge in [-0.1, -0.05) is 24.6 Å². The number of allylic oxidation sites excluding steroid dienone is 1. The first kappa shape index (κ1) is 18.5. The summed E-state index contributed by atoms with van der Waals surface area (Å²) in [5.74, 6) is 0. The minimum atomic E-state index is -0.193. The van der Waals surface area contributed by atoms with Crippen molar-refractivity contribution < 1.29 is 4.84 Å². The Bertz CT molecular complexity index is 439. The van der Waals surface area contributed by atoms with Crippen molar-refractivity contribution >= 4 is 5.71 Å². The van der Waals surface area contributed by atoms with E-state index in [1.165, 1.54) is 69.3 Å². The van der Waals surface area contributed by atoms with Gasteiger partial charge in [-0.3, -0.25) is 0 Å². The van der Waals surface area contributed by atoms with E-state index < -0.39 is 0 Å². The molecule has 0 aliphatic heterocycles. The number of hydrogen-bond acceptors (Lipinski definition) is 3. The average Bonchev–Trinajstić information content (AvgIpc) is 2.51. The van der Waals surface area contributed by atoms with Gasteiger partial charge in [0.15, 0.2) is 0 Å². The molecule has 1 atom stereocenters. The van der Waals surface area contributed by atoms with E-state index in [-0.39, 0.29) is 5.60 Å². The highest BCUT2D eigenvalue weighted by Gasteiger charge is 2.29. The Balaban J connectivity index is 2.09. The molecule has 132 valence electrons. The molecule has 0 radical (unpaired) electrons. The van der Waals surface area contributed by atoms with E-state index in [2.05, 4.69) is 44.7 Å². The molecular formula is C20H36N2O. The van der Waals surface area contributed by atoms with Gasteiger partial charge in [-0.25, -0.2) is 0 Å². The van der Waals surface area contributed by atoms with E-state index in [9.17, 15) is 0 Å². The van der Waals surface area contributed by atoms with E-state index in [1.807, 2.05) is 0 Å². The van der Waals surface area contributed by atoms with Crippen LogP contribution < -0.4 is 0 Å². The molecule has 0 heterocycles. The molecule has 0 fully saturated rings. The number of hydrogen-bond donors (Lipinski definition) is 0. The van der Waals surface area contributed by atoms with Crippen molar-refractivity contribution in [3.05, 3.63) is 11.1 Å². The Morgan fingerprint density at radius 2 is 1.78 bits per heavy atom. The standard InChI is InChI=1S/C20H36N2O/c1-6-13-22(14-7-2)17-11-12-18-16(15-17)9-8-10-19(18)21-23-20(3,4)5/h17H,6-15H2,1-5H3/b21-19+. The quantitative estimate of drug-likeness (QED) is 0.619. The topological polar surface area (TPSA) is 24.8 Å². The van der Waals surface area contributed by atoms with Gasteiger partial charge in [-0.15, -0.1) is 0 Å². The highest BCUT2D eigenvalue weighted by molar-refractivity contribution is 6.01. The molecule has 0 N–H and O–H groups in total. The average molecular weight is 321 g/mol. The fourth-order valence-electron chi connectivity index (χ4n) is 3.87. The highest BCUT2D eigenvalue weighted by Crippen LogP contribution is 2.36. The highest BCUT2D eigenvalue weighted by atomic mass is 16.6. The maximum atomic E-state index is 5.71. The van der Waals surface area contributed by atoms with Crippen LogP contribution in [0.1, 0.15) is 86.0 Å². The Morgan fingerprint density at radius 3 is 2.39 bits per heavy atom. The molecule has 2 aliphatic rings. The predicted octanol–water partition coefficient (Wildman–Crippen LogP) is 5.31. The molecule has 3 heteroatoms. The van der Waals surface area contributed by atoms with Gasteiger partial charge in [-0.2, -0.15) is 0 Å². The summed E-state index contributed by atoms with van der Waals surface area (Å²) < 4.78 is 0. The SMILES string of the molecule is CCCN(CCC)C1CCC2=C(CCC/C2=N\OC(C)(C)C)C1. The number of oxime groups is 1. The van der Waals surface area contributed by atoms with Gasteiger partial charge in [0.1, 0.15) is 5.60 Å². The van der Waals surface area contributed by atoms with E-state index in [0.29, 0.717) is 0 Å². The second-order valence-corrected chi connectivity index (χ2v) is 8.11. The monoisotopic (exact) mass is 320 g/mol. The van der Waals surface area contributed by atoms with Crippen LogP contribution in [-0.4, -0.2) is 35.3 Å². The van der Waals surface area contributed by atoms with Crippen molar-refractivity contribution in [3.63, 3.8) is 0 Å². The lowest BCUT2D eigenvalue weighted by Gasteiger charge is -2.37. The van der Waals surface area contributed by atoms with E-state index in [1.54, 1.807) is 5.57 Å². The van der Waals surface area contributed by atoms with Gasteiger partial charge in [-0.05, 0) is 90.8 Å². The molecule has 23 heavy (non-hydrogen) atoms. The van der Waals surface area contributed by atoms with E-state index >= 15 is 0 Å². The maximum Gasteiger partial charge on any atom is 0.129 e. The molecule has 0 saturated heterocycles. The smallest absolute Gasteiger partial charge is 0.129 e. The summed E-state index contributed by atoms with van der Waals surface area (Å²) in [5, 5.41) is 4.53. The molecule has 1 unspecified atom stereocenters. The van der Waals surface area contributed by atoms with Gasteiger partial charge in [0.25, 0.3) is 0 Å². The Labute approximate surface area is 143 Å². The van der Waals surface area contributed by atoms with Gasteiger partial charge in [0.05, 0.1) is 5.71 Å². The van der Waals surface area contributed by atoms with Crippen molar-refractivity contribution in [3.8, 4) is 0 Å². The number of nitrogens with zero attached hydrogens (tertiary/aromatic N) is 2. The molecule has 0 bridgehead atoms. The molecule has 0 saturated carbocycles. The van der Waals surface area contributed by atoms with Crippen molar-refractivity contribution in [2.75, 3.05) is 13.1 Å². The Hall–Kier alpha value is -0.830. The van der Waals surface area contributed by atoms with Crippen LogP contribution in [-0.2, 0) is 4.84 Å². The lowest BCUT2D eigenvalue weighted by atomic mass is 9.78. The minimum absolute atomic E-state index is 0.193. The second kappa shape index (κ2) is 8.32. The normalized spacial score (nSPS) is 24.3. The molecule has 0 aromatic carbocycles. The number of rotatable bonds is 6. The fraction of sp³-hybridized carbons (Fsp3) is 0.850. The molecule has 0 aromatic rings. The van der Waals surface area contributed by atoms with Crippen LogP contribution in [0.5, 0.6) is 0 Å². The zero-order valence-corrected chi connectivity index (χ0v) is 16.0. The second-order valence-electron chi connectivity index (χ2n) is 8.11. The van der Waals surface area contributed by atoms with Gasteiger partial charge in [0, 0.05) is 6.04 Å². The molecule has 3 nitrogen and oxygen atoms in total. The Morgan fingerprint density at radius 1 is 1.09 bits per heavy atom. The van der Waals surface area contributed by atoms with Crippen LogP contribution >= 0.6 is 0 Å². The Kier molecular flexibility index (Phi) is 6.70. The largest absolute Gasteiger partial charge is 0.390 e. The van der Waals surface area contributed by atoms with Crippen molar-refractivity contribution in [2.45, 2.75) is 97.6 Å². The van der Waals surface area contributed by atoms with Crippen molar-refractivity contribution in [2.24, 2.45) is 5.16 Å². The first-order valence-corrected chi connectivity index (χ1v) is 9.65. The van der Waals surface area contributed by atoms with Crippen molar-refractivity contribution in [1.82, 2.24) is 4.90 Å². The summed E-state index contributed by atoms with van der Waals surface area (Å²) in [4.78, 5) is 8.44. The van der Waals surface area contributed by atoms with Gasteiger partial charge >= 0.3 is 0 Å². The van der Waals surface area contributed by atoms with Crippen LogP contribution in [0.25, 0.3) is 0 Å². The summed E-state index contributed by atoms with van der Waals surface area (Å²) >= 11 is 0. The van der Waals surface area contributed by atoms with Crippen LogP contribution in [0.2, 0.25) is 0 Å². The van der Waals surface area contributed by atoms with Crippen LogP contribution in [0, 0.1) is 0 Å². The van der Waals surface area contributed by atoms with Gasteiger partial charge < -0.3 is 9.74 Å². The van der Waals surface area contributed by atoms with Crippen LogP contribution in [0.15, 0.2) is 16.3 Å². The first-order valence-electron chi connectivity index (χ1n) is 9.65. The zero-order valence-electron chi connectivity index (χ0n) is 16.0. The maximum absolute atomic E-state index is 5.71. The van der Waals surface area contributed by atoms with Crippen LogP contribution in [0.3, 0.4) is 0 Å². The first-order chi connectivity index (χ1) is 10.9. The summed E-state index contributed by atoms with van der Waals surface area (Å²) in [6.45, 7) is 13.3. The van der Waals surface area contributed by atoms with Crippen molar-refractivity contribution in [1.29, 1.82) is 0 Å².